The van der Waals surface area contributed by atoms with Crippen LogP contribution in [0.3, 0.4) is 0 Å². The zero-order valence-corrected chi connectivity index (χ0v) is 11.9. The fraction of sp³-hybridized carbons (Fsp3) is 0.200. The van der Waals surface area contributed by atoms with Gasteiger partial charge >= 0.3 is 0 Å². The van der Waals surface area contributed by atoms with Crippen LogP contribution >= 0.6 is 8.58 Å². The van der Waals surface area contributed by atoms with Gasteiger partial charge in [-0.1, -0.05) is 45.0 Å². The summed E-state index contributed by atoms with van der Waals surface area (Å²) in [6.45, 7) is 1.93. The van der Waals surface area contributed by atoms with E-state index in [2.05, 4.69) is 17.0 Å². The SMILES string of the molecule is Cc1cccc(Pc2ccccc2N(C)C)c1O. The van der Waals surface area contributed by atoms with Crippen molar-refractivity contribution in [3.63, 3.8) is 0 Å². The molecular formula is C15H18NOP. The first-order valence-corrected chi connectivity index (χ1v) is 6.91. The molecule has 0 radical (unpaired) electrons. The van der Waals surface area contributed by atoms with Gasteiger partial charge in [-0.25, -0.2) is 0 Å². The molecule has 0 bridgehead atoms. The van der Waals surface area contributed by atoms with E-state index in [4.69, 9.17) is 0 Å². The zero-order valence-electron chi connectivity index (χ0n) is 10.9. The number of benzene rings is 2. The molecule has 1 N–H and O–H groups in total. The minimum Gasteiger partial charge on any atom is -0.507 e. The summed E-state index contributed by atoms with van der Waals surface area (Å²) < 4.78 is 0. The Hall–Kier alpha value is -1.53. The van der Waals surface area contributed by atoms with E-state index in [1.54, 1.807) is 0 Å². The fourth-order valence-electron chi connectivity index (χ4n) is 1.87. The van der Waals surface area contributed by atoms with E-state index < -0.39 is 0 Å². The van der Waals surface area contributed by atoms with Crippen LogP contribution in [0.5, 0.6) is 5.75 Å². The molecular weight excluding hydrogens is 241 g/mol. The second kappa shape index (κ2) is 5.41. The van der Waals surface area contributed by atoms with E-state index in [9.17, 15) is 5.11 Å². The summed E-state index contributed by atoms with van der Waals surface area (Å²) in [5, 5.41) is 12.3. The Balaban J connectivity index is 2.37. The molecule has 0 aliphatic heterocycles. The zero-order chi connectivity index (χ0) is 13.1. The number of para-hydroxylation sites is 2. The second-order valence-electron chi connectivity index (χ2n) is 4.51. The van der Waals surface area contributed by atoms with Crippen LogP contribution in [0.25, 0.3) is 0 Å². The van der Waals surface area contributed by atoms with Crippen molar-refractivity contribution in [1.29, 1.82) is 0 Å². The summed E-state index contributed by atoms with van der Waals surface area (Å²) in [5.41, 5.74) is 2.14. The molecule has 94 valence electrons. The van der Waals surface area contributed by atoms with Crippen LogP contribution < -0.4 is 15.5 Å². The largest absolute Gasteiger partial charge is 0.507 e. The molecule has 0 amide bonds. The summed E-state index contributed by atoms with van der Waals surface area (Å²) in [7, 11) is 4.55. The molecule has 0 fully saturated rings. The molecule has 2 aromatic carbocycles. The third-order valence-electron chi connectivity index (χ3n) is 2.89. The smallest absolute Gasteiger partial charge is 0.126 e. The first kappa shape index (κ1) is 12.9. The van der Waals surface area contributed by atoms with Crippen LogP contribution in [0, 0.1) is 6.92 Å². The third-order valence-corrected chi connectivity index (χ3v) is 4.26. The maximum Gasteiger partial charge on any atom is 0.126 e. The monoisotopic (exact) mass is 259 g/mol. The Morgan fingerprint density at radius 3 is 2.33 bits per heavy atom. The Morgan fingerprint density at radius 1 is 0.944 bits per heavy atom. The van der Waals surface area contributed by atoms with Crippen molar-refractivity contribution in [2.45, 2.75) is 6.92 Å². The standard InChI is InChI=1S/C15H18NOP/c1-11-7-6-10-14(15(11)17)18-13-9-5-4-8-12(13)16(2)3/h4-10,17-18H,1-3H3. The molecule has 2 nitrogen and oxygen atoms in total. The maximum absolute atomic E-state index is 10.1. The predicted octanol–water partition coefficient (Wildman–Crippen LogP) is 2.40. The molecule has 0 heterocycles. The number of rotatable bonds is 3. The minimum atomic E-state index is 0.421. The van der Waals surface area contributed by atoms with E-state index in [0.717, 1.165) is 10.9 Å². The van der Waals surface area contributed by atoms with Crippen molar-refractivity contribution in [3.8, 4) is 5.75 Å². The number of phenols is 1. The molecule has 0 aliphatic carbocycles. The molecule has 1 atom stereocenters. The Morgan fingerprint density at radius 2 is 1.61 bits per heavy atom. The van der Waals surface area contributed by atoms with Crippen LogP contribution in [0.2, 0.25) is 0 Å². The van der Waals surface area contributed by atoms with Gasteiger partial charge < -0.3 is 10.0 Å². The fourth-order valence-corrected chi connectivity index (χ4v) is 3.27. The van der Waals surface area contributed by atoms with Gasteiger partial charge in [-0.05, 0) is 18.6 Å². The number of hydrogen-bond donors (Lipinski definition) is 1. The normalized spacial score (nSPS) is 11.1. The van der Waals surface area contributed by atoms with Crippen LogP contribution in [0.15, 0.2) is 42.5 Å². The lowest BCUT2D eigenvalue weighted by Gasteiger charge is -2.17. The van der Waals surface area contributed by atoms with Gasteiger partial charge in [0.2, 0.25) is 0 Å². The number of nitrogens with zero attached hydrogens (tertiary/aromatic N) is 1. The lowest BCUT2D eigenvalue weighted by atomic mass is 10.2. The maximum atomic E-state index is 10.1. The molecule has 2 aromatic rings. The Labute approximate surface area is 110 Å². The number of hydrogen-bond acceptors (Lipinski definition) is 2. The van der Waals surface area contributed by atoms with Crippen LogP contribution in [0.1, 0.15) is 5.56 Å². The van der Waals surface area contributed by atoms with E-state index >= 15 is 0 Å². The van der Waals surface area contributed by atoms with Gasteiger partial charge in [0.1, 0.15) is 5.75 Å². The number of aromatic hydroxyl groups is 1. The highest BCUT2D eigenvalue weighted by atomic mass is 31.1. The van der Waals surface area contributed by atoms with E-state index in [-0.39, 0.29) is 0 Å². The van der Waals surface area contributed by atoms with Crippen LogP contribution in [0.4, 0.5) is 5.69 Å². The van der Waals surface area contributed by atoms with Gasteiger partial charge in [0.15, 0.2) is 0 Å². The number of phenolic OH excluding ortho intramolecular Hbond substituents is 1. The first-order valence-electron chi connectivity index (χ1n) is 5.91. The van der Waals surface area contributed by atoms with Crippen molar-refractivity contribution >= 4 is 24.9 Å². The highest BCUT2D eigenvalue weighted by Gasteiger charge is 2.08. The highest BCUT2D eigenvalue weighted by Crippen LogP contribution is 2.25. The molecule has 0 saturated carbocycles. The summed E-state index contributed by atoms with van der Waals surface area (Å²) in [4.78, 5) is 2.11. The van der Waals surface area contributed by atoms with Gasteiger partial charge in [0.05, 0.1) is 0 Å². The van der Waals surface area contributed by atoms with Crippen LogP contribution in [-0.2, 0) is 0 Å². The average Bonchev–Trinajstić information content (AvgIpc) is 2.35. The summed E-state index contributed by atoms with van der Waals surface area (Å²) in [5.74, 6) is 0.421. The highest BCUT2D eigenvalue weighted by molar-refractivity contribution is 7.56. The number of anilines is 1. The lowest BCUT2D eigenvalue weighted by Crippen LogP contribution is -2.17. The third kappa shape index (κ3) is 2.65. The van der Waals surface area contributed by atoms with Gasteiger partial charge in [0.25, 0.3) is 0 Å². The molecule has 0 saturated heterocycles. The molecule has 0 aromatic heterocycles. The average molecular weight is 259 g/mol. The quantitative estimate of drug-likeness (QED) is 0.856. The first-order chi connectivity index (χ1) is 8.59. The predicted molar refractivity (Wildman–Crippen MR) is 81.2 cm³/mol. The Bertz CT molecular complexity index is 552. The second-order valence-corrected chi connectivity index (χ2v) is 5.84. The summed E-state index contributed by atoms with van der Waals surface area (Å²) in [6, 6.07) is 14.2. The molecule has 0 aliphatic rings. The molecule has 18 heavy (non-hydrogen) atoms. The molecule has 2 rings (SSSR count). The van der Waals surface area contributed by atoms with E-state index in [0.29, 0.717) is 14.3 Å². The van der Waals surface area contributed by atoms with Crippen molar-refractivity contribution in [2.75, 3.05) is 19.0 Å². The topological polar surface area (TPSA) is 23.5 Å². The Kier molecular flexibility index (Phi) is 3.88. The summed E-state index contributed by atoms with van der Waals surface area (Å²) >= 11 is 0. The van der Waals surface area contributed by atoms with Gasteiger partial charge in [-0.3, -0.25) is 0 Å². The van der Waals surface area contributed by atoms with Crippen molar-refractivity contribution in [2.24, 2.45) is 0 Å². The van der Waals surface area contributed by atoms with E-state index in [1.807, 2.05) is 51.4 Å². The summed E-state index contributed by atoms with van der Waals surface area (Å²) in [6.07, 6.45) is 0. The van der Waals surface area contributed by atoms with Crippen molar-refractivity contribution in [3.05, 3.63) is 48.0 Å². The number of aryl methyl sites for hydroxylation is 1. The lowest BCUT2D eigenvalue weighted by molar-refractivity contribution is 0.475. The molecule has 3 heteroatoms. The van der Waals surface area contributed by atoms with Crippen molar-refractivity contribution < 1.29 is 5.11 Å². The molecule has 0 spiro atoms. The molecule has 1 unspecified atom stereocenters. The minimum absolute atomic E-state index is 0.421. The van der Waals surface area contributed by atoms with Gasteiger partial charge in [-0.2, -0.15) is 0 Å². The van der Waals surface area contributed by atoms with Gasteiger partial charge in [0, 0.05) is 30.4 Å². The van der Waals surface area contributed by atoms with E-state index in [1.165, 1.54) is 11.0 Å². The van der Waals surface area contributed by atoms with Gasteiger partial charge in [-0.15, -0.1) is 0 Å². The van der Waals surface area contributed by atoms with Crippen molar-refractivity contribution in [1.82, 2.24) is 0 Å². The van der Waals surface area contributed by atoms with Crippen LogP contribution in [-0.4, -0.2) is 19.2 Å².